The minimum Gasteiger partial charge on any atom is -0.468 e. The van der Waals surface area contributed by atoms with E-state index in [-0.39, 0.29) is 8.68 Å². The molecular formula is C9H9ClN2O3S2. The third-order valence-electron chi connectivity index (χ3n) is 2.02. The van der Waals surface area contributed by atoms with Gasteiger partial charge in [-0.05, 0) is 19.1 Å². The van der Waals surface area contributed by atoms with Gasteiger partial charge in [0.1, 0.15) is 5.76 Å². The highest BCUT2D eigenvalue weighted by Crippen LogP contribution is 2.24. The molecule has 0 aliphatic rings. The van der Waals surface area contributed by atoms with Gasteiger partial charge in [0.15, 0.2) is 8.68 Å². The van der Waals surface area contributed by atoms with Gasteiger partial charge >= 0.3 is 0 Å². The normalized spacial score (nSPS) is 13.8. The molecule has 0 aromatic carbocycles. The Kier molecular flexibility index (Phi) is 3.53. The second kappa shape index (κ2) is 4.77. The first-order valence-corrected chi connectivity index (χ1v) is 7.34. The monoisotopic (exact) mass is 292 g/mol. The number of hydrogen-bond acceptors (Lipinski definition) is 5. The number of halogens is 1. The van der Waals surface area contributed by atoms with Gasteiger partial charge in [0.25, 0.3) is 10.0 Å². The predicted molar refractivity (Wildman–Crippen MR) is 64.6 cm³/mol. The van der Waals surface area contributed by atoms with Crippen LogP contribution in [0.2, 0.25) is 4.47 Å². The summed E-state index contributed by atoms with van der Waals surface area (Å²) < 4.78 is 31.7. The number of sulfonamides is 1. The van der Waals surface area contributed by atoms with Crippen LogP contribution in [0.15, 0.2) is 33.2 Å². The molecule has 0 aliphatic heterocycles. The van der Waals surface area contributed by atoms with E-state index in [1.54, 1.807) is 19.1 Å². The van der Waals surface area contributed by atoms with E-state index in [0.717, 1.165) is 11.3 Å². The maximum Gasteiger partial charge on any atom is 0.252 e. The number of thiazole rings is 1. The largest absolute Gasteiger partial charge is 0.468 e. The molecule has 0 fully saturated rings. The van der Waals surface area contributed by atoms with Gasteiger partial charge in [-0.25, -0.2) is 18.1 Å². The van der Waals surface area contributed by atoms with Crippen molar-refractivity contribution in [2.75, 3.05) is 0 Å². The van der Waals surface area contributed by atoms with Crippen LogP contribution in [-0.4, -0.2) is 13.4 Å². The van der Waals surface area contributed by atoms with Gasteiger partial charge in [-0.15, -0.1) is 0 Å². The minimum atomic E-state index is -3.60. The fourth-order valence-electron chi connectivity index (χ4n) is 1.25. The summed E-state index contributed by atoms with van der Waals surface area (Å²) in [6.45, 7) is 1.69. The van der Waals surface area contributed by atoms with Crippen molar-refractivity contribution in [1.29, 1.82) is 0 Å². The van der Waals surface area contributed by atoms with E-state index in [9.17, 15) is 8.42 Å². The van der Waals surface area contributed by atoms with Crippen LogP contribution in [0.3, 0.4) is 0 Å². The molecule has 1 unspecified atom stereocenters. The molecule has 0 amide bonds. The SMILES string of the molecule is CC(NS(=O)(=O)c1cnc(Cl)s1)c1ccco1. The Morgan fingerprint density at radius 1 is 1.59 bits per heavy atom. The van der Waals surface area contributed by atoms with Crippen LogP contribution >= 0.6 is 22.9 Å². The quantitative estimate of drug-likeness (QED) is 0.939. The third-order valence-corrected chi connectivity index (χ3v) is 5.14. The van der Waals surface area contributed by atoms with Gasteiger partial charge in [-0.3, -0.25) is 0 Å². The first-order valence-electron chi connectivity index (χ1n) is 4.66. The predicted octanol–water partition coefficient (Wildman–Crippen LogP) is 2.43. The number of nitrogens with zero attached hydrogens (tertiary/aromatic N) is 1. The van der Waals surface area contributed by atoms with E-state index in [4.69, 9.17) is 16.0 Å². The fourth-order valence-corrected chi connectivity index (χ4v) is 3.77. The van der Waals surface area contributed by atoms with Gasteiger partial charge in [-0.1, -0.05) is 22.9 Å². The Labute approximate surface area is 107 Å². The highest BCUT2D eigenvalue weighted by Gasteiger charge is 2.22. The number of furan rings is 1. The van der Waals surface area contributed by atoms with Crippen LogP contribution in [-0.2, 0) is 10.0 Å². The smallest absolute Gasteiger partial charge is 0.252 e. The molecule has 0 saturated carbocycles. The molecule has 0 radical (unpaired) electrons. The van der Waals surface area contributed by atoms with Crippen LogP contribution in [0.4, 0.5) is 0 Å². The first-order chi connectivity index (χ1) is 7.99. The highest BCUT2D eigenvalue weighted by molar-refractivity contribution is 7.91. The van der Waals surface area contributed by atoms with Gasteiger partial charge in [0, 0.05) is 0 Å². The molecule has 2 aromatic rings. The van der Waals surface area contributed by atoms with Crippen molar-refractivity contribution < 1.29 is 12.8 Å². The molecular weight excluding hydrogens is 284 g/mol. The number of rotatable bonds is 4. The van der Waals surface area contributed by atoms with E-state index in [0.29, 0.717) is 5.76 Å². The van der Waals surface area contributed by atoms with Crippen LogP contribution in [0, 0.1) is 0 Å². The summed E-state index contributed by atoms with van der Waals surface area (Å²) in [6, 6.07) is 2.95. The summed E-state index contributed by atoms with van der Waals surface area (Å²) in [5.41, 5.74) is 0. The molecule has 92 valence electrons. The van der Waals surface area contributed by atoms with Gasteiger partial charge in [-0.2, -0.15) is 0 Å². The van der Waals surface area contributed by atoms with Gasteiger partial charge < -0.3 is 4.42 Å². The van der Waals surface area contributed by atoms with Crippen molar-refractivity contribution in [2.24, 2.45) is 0 Å². The van der Waals surface area contributed by atoms with E-state index in [2.05, 4.69) is 9.71 Å². The topological polar surface area (TPSA) is 72.2 Å². The second-order valence-electron chi connectivity index (χ2n) is 3.29. The Bertz CT molecular complexity index is 592. The summed E-state index contributed by atoms with van der Waals surface area (Å²) in [5, 5.41) is 0. The number of hydrogen-bond donors (Lipinski definition) is 1. The third kappa shape index (κ3) is 2.86. The average molecular weight is 293 g/mol. The summed E-state index contributed by atoms with van der Waals surface area (Å²) in [7, 11) is -3.60. The first kappa shape index (κ1) is 12.6. The molecule has 0 bridgehead atoms. The summed E-state index contributed by atoms with van der Waals surface area (Å²) in [5.74, 6) is 0.546. The minimum absolute atomic E-state index is 0.0842. The zero-order chi connectivity index (χ0) is 12.5. The Morgan fingerprint density at radius 3 is 2.88 bits per heavy atom. The average Bonchev–Trinajstić information content (AvgIpc) is 2.86. The Morgan fingerprint density at radius 2 is 2.35 bits per heavy atom. The molecule has 1 atom stereocenters. The van der Waals surface area contributed by atoms with Crippen molar-refractivity contribution in [3.05, 3.63) is 34.8 Å². The molecule has 17 heavy (non-hydrogen) atoms. The molecule has 8 heteroatoms. The lowest BCUT2D eigenvalue weighted by atomic mass is 10.3. The van der Waals surface area contributed by atoms with Crippen molar-refractivity contribution in [1.82, 2.24) is 9.71 Å². The maximum absolute atomic E-state index is 11.9. The maximum atomic E-state index is 11.9. The number of aromatic nitrogens is 1. The molecule has 0 saturated heterocycles. The summed E-state index contributed by atoms with van der Waals surface area (Å²) in [4.78, 5) is 3.69. The van der Waals surface area contributed by atoms with Gasteiger partial charge in [0.2, 0.25) is 0 Å². The van der Waals surface area contributed by atoms with Crippen molar-refractivity contribution in [3.8, 4) is 0 Å². The fraction of sp³-hybridized carbons (Fsp3) is 0.222. The lowest BCUT2D eigenvalue weighted by Crippen LogP contribution is -2.25. The van der Waals surface area contributed by atoms with E-state index < -0.39 is 16.1 Å². The van der Waals surface area contributed by atoms with E-state index >= 15 is 0 Å². The van der Waals surface area contributed by atoms with Crippen LogP contribution in [0.1, 0.15) is 18.7 Å². The van der Waals surface area contributed by atoms with E-state index in [1.807, 2.05) is 0 Å². The van der Waals surface area contributed by atoms with Gasteiger partial charge in [0.05, 0.1) is 18.5 Å². The molecule has 1 N–H and O–H groups in total. The standard InChI is InChI=1S/C9H9ClN2O3S2/c1-6(7-3-2-4-15-7)12-17(13,14)8-5-11-9(10)16-8/h2-6,12H,1H3. The Hall–Kier alpha value is -0.890. The molecule has 2 heterocycles. The van der Waals surface area contributed by atoms with Crippen molar-refractivity contribution in [2.45, 2.75) is 17.2 Å². The number of nitrogens with one attached hydrogen (secondary N) is 1. The zero-order valence-electron chi connectivity index (χ0n) is 8.75. The lowest BCUT2D eigenvalue weighted by molar-refractivity contribution is 0.459. The van der Waals surface area contributed by atoms with Crippen molar-refractivity contribution >= 4 is 33.0 Å². The van der Waals surface area contributed by atoms with Crippen molar-refractivity contribution in [3.63, 3.8) is 0 Å². The Balaban J connectivity index is 2.18. The lowest BCUT2D eigenvalue weighted by Gasteiger charge is -2.10. The summed E-state index contributed by atoms with van der Waals surface area (Å²) in [6.07, 6.45) is 2.72. The zero-order valence-corrected chi connectivity index (χ0v) is 11.1. The molecule has 0 aliphatic carbocycles. The molecule has 2 aromatic heterocycles. The van der Waals surface area contributed by atoms with Crippen LogP contribution in [0.5, 0.6) is 0 Å². The highest BCUT2D eigenvalue weighted by atomic mass is 35.5. The molecule has 2 rings (SSSR count). The van der Waals surface area contributed by atoms with E-state index in [1.165, 1.54) is 12.5 Å². The van der Waals surface area contributed by atoms with Crippen LogP contribution < -0.4 is 4.72 Å². The summed E-state index contributed by atoms with van der Waals surface area (Å²) >= 11 is 6.51. The van der Waals surface area contributed by atoms with Crippen LogP contribution in [0.25, 0.3) is 0 Å². The second-order valence-corrected chi connectivity index (χ2v) is 6.84. The molecule has 5 nitrogen and oxygen atoms in total. The molecule has 0 spiro atoms.